The minimum absolute atomic E-state index is 0.00104. The molecular formula is C14H24N2O3. The number of hydrogen-bond donors (Lipinski definition) is 1. The number of carbonyl (C=O) groups is 2. The van der Waals surface area contributed by atoms with Crippen LogP contribution in [0.15, 0.2) is 0 Å². The van der Waals surface area contributed by atoms with Gasteiger partial charge in [0.05, 0.1) is 11.5 Å². The number of aliphatic hydroxyl groups is 1. The maximum atomic E-state index is 12.4. The van der Waals surface area contributed by atoms with Crippen molar-refractivity contribution in [3.63, 3.8) is 0 Å². The maximum absolute atomic E-state index is 12.4. The second-order valence-electron chi connectivity index (χ2n) is 6.34. The quantitative estimate of drug-likeness (QED) is 0.795. The second-order valence-corrected chi connectivity index (χ2v) is 6.34. The van der Waals surface area contributed by atoms with E-state index >= 15 is 0 Å². The summed E-state index contributed by atoms with van der Waals surface area (Å²) >= 11 is 0. The average Bonchev–Trinajstić information content (AvgIpc) is 3.07. The van der Waals surface area contributed by atoms with Crippen molar-refractivity contribution in [2.75, 3.05) is 19.6 Å². The third-order valence-corrected chi connectivity index (χ3v) is 3.77. The molecule has 1 saturated heterocycles. The molecule has 1 atom stereocenters. The second kappa shape index (κ2) is 5.12. The van der Waals surface area contributed by atoms with E-state index < -0.39 is 5.60 Å². The molecule has 5 nitrogen and oxygen atoms in total. The first-order valence-electron chi connectivity index (χ1n) is 7.12. The lowest BCUT2D eigenvalue weighted by molar-refractivity contribution is -0.138. The summed E-state index contributed by atoms with van der Waals surface area (Å²) in [6, 6.07) is 0.384. The first-order valence-corrected chi connectivity index (χ1v) is 7.12. The Morgan fingerprint density at radius 2 is 2.11 bits per heavy atom. The molecular weight excluding hydrogens is 244 g/mol. The van der Waals surface area contributed by atoms with E-state index in [1.54, 1.807) is 18.7 Å². The van der Waals surface area contributed by atoms with Gasteiger partial charge in [0.15, 0.2) is 0 Å². The molecule has 2 aliphatic rings. The highest BCUT2D eigenvalue weighted by atomic mass is 16.3. The molecule has 1 saturated carbocycles. The van der Waals surface area contributed by atoms with E-state index in [0.29, 0.717) is 32.1 Å². The minimum Gasteiger partial charge on any atom is -0.389 e. The lowest BCUT2D eigenvalue weighted by Gasteiger charge is -2.30. The molecule has 1 heterocycles. The zero-order chi connectivity index (χ0) is 14.2. The molecule has 0 aromatic heterocycles. The van der Waals surface area contributed by atoms with E-state index in [4.69, 9.17) is 0 Å². The molecule has 1 aliphatic carbocycles. The Morgan fingerprint density at radius 1 is 1.47 bits per heavy atom. The van der Waals surface area contributed by atoms with Gasteiger partial charge in [-0.1, -0.05) is 0 Å². The van der Waals surface area contributed by atoms with Gasteiger partial charge in [0.2, 0.25) is 11.8 Å². The van der Waals surface area contributed by atoms with E-state index in [2.05, 4.69) is 0 Å². The predicted octanol–water partition coefficient (Wildman–Crippen LogP) is 0.617. The highest BCUT2D eigenvalue weighted by Crippen LogP contribution is 2.33. The van der Waals surface area contributed by atoms with Crippen molar-refractivity contribution in [1.29, 1.82) is 0 Å². The van der Waals surface area contributed by atoms with Gasteiger partial charge in [0, 0.05) is 32.1 Å². The Balaban J connectivity index is 1.96. The predicted molar refractivity (Wildman–Crippen MR) is 71.4 cm³/mol. The zero-order valence-electron chi connectivity index (χ0n) is 12.1. The number of nitrogens with zero attached hydrogens (tertiary/aromatic N) is 2. The summed E-state index contributed by atoms with van der Waals surface area (Å²) in [6.07, 6.45) is 2.49. The Morgan fingerprint density at radius 3 is 2.58 bits per heavy atom. The van der Waals surface area contributed by atoms with Crippen molar-refractivity contribution in [2.45, 2.75) is 51.7 Å². The molecule has 5 heteroatoms. The molecule has 1 aliphatic heterocycles. The first kappa shape index (κ1) is 14.3. The van der Waals surface area contributed by atoms with Crippen LogP contribution < -0.4 is 0 Å². The van der Waals surface area contributed by atoms with Crippen LogP contribution in [0.1, 0.15) is 40.0 Å². The molecule has 108 valence electrons. The Labute approximate surface area is 114 Å². The van der Waals surface area contributed by atoms with Gasteiger partial charge in [-0.2, -0.15) is 0 Å². The normalized spacial score (nSPS) is 23.9. The van der Waals surface area contributed by atoms with Crippen LogP contribution in [0.25, 0.3) is 0 Å². The largest absolute Gasteiger partial charge is 0.389 e. The highest BCUT2D eigenvalue weighted by molar-refractivity contribution is 5.89. The van der Waals surface area contributed by atoms with E-state index in [0.717, 1.165) is 12.8 Å². The summed E-state index contributed by atoms with van der Waals surface area (Å²) in [5.74, 6) is -0.114. The van der Waals surface area contributed by atoms with Crippen LogP contribution in [0.3, 0.4) is 0 Å². The number of hydrogen-bond acceptors (Lipinski definition) is 3. The van der Waals surface area contributed by atoms with Gasteiger partial charge in [-0.15, -0.1) is 0 Å². The molecule has 2 fully saturated rings. The van der Waals surface area contributed by atoms with Crippen molar-refractivity contribution in [3.05, 3.63) is 0 Å². The molecule has 1 N–H and O–H groups in total. The third-order valence-electron chi connectivity index (χ3n) is 3.77. The van der Waals surface area contributed by atoms with Gasteiger partial charge in [0.1, 0.15) is 0 Å². The Kier molecular flexibility index (Phi) is 3.85. The van der Waals surface area contributed by atoms with Crippen LogP contribution in [-0.2, 0) is 9.59 Å². The Hall–Kier alpha value is -1.10. The monoisotopic (exact) mass is 268 g/mol. The van der Waals surface area contributed by atoms with Gasteiger partial charge < -0.3 is 14.9 Å². The Bertz CT molecular complexity index is 371. The van der Waals surface area contributed by atoms with Crippen LogP contribution in [0, 0.1) is 5.92 Å². The van der Waals surface area contributed by atoms with Gasteiger partial charge in [0.25, 0.3) is 0 Å². The highest BCUT2D eigenvalue weighted by Gasteiger charge is 2.42. The van der Waals surface area contributed by atoms with Crippen LogP contribution >= 0.6 is 0 Å². The molecule has 2 amide bonds. The number of amides is 2. The SMILES string of the molecule is CCN(CC(C)(C)O)C(=O)C1CC(=O)N(C2CC2)C1. The van der Waals surface area contributed by atoms with Crippen molar-refractivity contribution in [2.24, 2.45) is 5.92 Å². The van der Waals surface area contributed by atoms with E-state index in [1.807, 2.05) is 11.8 Å². The molecule has 19 heavy (non-hydrogen) atoms. The molecule has 0 aromatic rings. The number of likely N-dealkylation sites (N-methyl/N-ethyl adjacent to an activating group) is 1. The molecule has 1 unspecified atom stereocenters. The summed E-state index contributed by atoms with van der Waals surface area (Å²) in [5, 5.41) is 9.84. The van der Waals surface area contributed by atoms with Crippen LogP contribution in [0.2, 0.25) is 0 Å². The summed E-state index contributed by atoms with van der Waals surface area (Å²) in [6.45, 7) is 6.73. The average molecular weight is 268 g/mol. The molecule has 2 rings (SSSR count). The summed E-state index contributed by atoms with van der Waals surface area (Å²) in [4.78, 5) is 27.8. The topological polar surface area (TPSA) is 60.9 Å². The third kappa shape index (κ3) is 3.47. The van der Waals surface area contributed by atoms with Crippen molar-refractivity contribution < 1.29 is 14.7 Å². The number of carbonyl (C=O) groups excluding carboxylic acids is 2. The van der Waals surface area contributed by atoms with Gasteiger partial charge in [-0.05, 0) is 33.6 Å². The van der Waals surface area contributed by atoms with Gasteiger partial charge in [-0.3, -0.25) is 9.59 Å². The maximum Gasteiger partial charge on any atom is 0.228 e. The minimum atomic E-state index is -0.898. The van der Waals surface area contributed by atoms with Crippen molar-refractivity contribution in [3.8, 4) is 0 Å². The van der Waals surface area contributed by atoms with Crippen molar-refractivity contribution >= 4 is 11.8 Å². The number of rotatable bonds is 5. The fourth-order valence-corrected chi connectivity index (χ4v) is 2.71. The number of likely N-dealkylation sites (tertiary alicyclic amines) is 1. The first-order chi connectivity index (χ1) is 8.81. The van der Waals surface area contributed by atoms with E-state index in [1.165, 1.54) is 0 Å². The van der Waals surface area contributed by atoms with Gasteiger partial charge >= 0.3 is 0 Å². The molecule has 0 spiro atoms. The lowest BCUT2D eigenvalue weighted by Crippen LogP contribution is -2.45. The fraction of sp³-hybridized carbons (Fsp3) is 0.857. The molecule has 0 bridgehead atoms. The lowest BCUT2D eigenvalue weighted by atomic mass is 10.0. The molecule has 0 radical (unpaired) electrons. The summed E-state index contributed by atoms with van der Waals surface area (Å²) < 4.78 is 0. The van der Waals surface area contributed by atoms with Gasteiger partial charge in [-0.25, -0.2) is 0 Å². The van der Waals surface area contributed by atoms with E-state index in [9.17, 15) is 14.7 Å². The zero-order valence-corrected chi connectivity index (χ0v) is 12.1. The smallest absolute Gasteiger partial charge is 0.228 e. The summed E-state index contributed by atoms with van der Waals surface area (Å²) in [5.41, 5.74) is -0.898. The van der Waals surface area contributed by atoms with E-state index in [-0.39, 0.29) is 17.7 Å². The van der Waals surface area contributed by atoms with Crippen LogP contribution in [0.5, 0.6) is 0 Å². The fourth-order valence-electron chi connectivity index (χ4n) is 2.71. The summed E-state index contributed by atoms with van der Waals surface area (Å²) in [7, 11) is 0. The standard InChI is InChI=1S/C14H24N2O3/c1-4-15(9-14(2,3)19)13(18)10-7-12(17)16(8-10)11-5-6-11/h10-11,19H,4-9H2,1-3H3. The van der Waals surface area contributed by atoms with Crippen LogP contribution in [-0.4, -0.2) is 58.0 Å². The molecule has 0 aromatic carbocycles. The van der Waals surface area contributed by atoms with Crippen LogP contribution in [0.4, 0.5) is 0 Å². The van der Waals surface area contributed by atoms with Crippen molar-refractivity contribution in [1.82, 2.24) is 9.80 Å².